The molecule has 0 unspecified atom stereocenters. The van der Waals surface area contributed by atoms with E-state index in [1.807, 2.05) is 6.92 Å². The molecule has 9 heteroatoms. The summed E-state index contributed by atoms with van der Waals surface area (Å²) in [6.45, 7) is 4.22. The predicted octanol–water partition coefficient (Wildman–Crippen LogP) is 1.59. The Balaban J connectivity index is 1.95. The van der Waals surface area contributed by atoms with Gasteiger partial charge in [0.25, 0.3) is 0 Å². The van der Waals surface area contributed by atoms with Crippen molar-refractivity contribution < 1.29 is 32.2 Å². The molecule has 150 valence electrons. The Morgan fingerprint density at radius 1 is 1.19 bits per heavy atom. The van der Waals surface area contributed by atoms with Gasteiger partial charge in [-0.3, -0.25) is 4.79 Å². The van der Waals surface area contributed by atoms with Crippen molar-refractivity contribution in [2.24, 2.45) is 5.92 Å². The third kappa shape index (κ3) is 5.20. The van der Waals surface area contributed by atoms with Crippen LogP contribution in [-0.2, 0) is 29.1 Å². The molecule has 1 aliphatic rings. The van der Waals surface area contributed by atoms with Gasteiger partial charge >= 0.3 is 11.9 Å². The van der Waals surface area contributed by atoms with Crippen LogP contribution in [0.5, 0.6) is 5.75 Å². The molecule has 0 aliphatic carbocycles. The van der Waals surface area contributed by atoms with Gasteiger partial charge < -0.3 is 14.2 Å². The van der Waals surface area contributed by atoms with Gasteiger partial charge in [-0.15, -0.1) is 0 Å². The molecule has 0 bridgehead atoms. The first-order valence-electron chi connectivity index (χ1n) is 8.81. The number of nitrogens with zero attached hydrogens (tertiary/aromatic N) is 1. The Morgan fingerprint density at radius 2 is 1.78 bits per heavy atom. The average molecular weight is 399 g/mol. The molecule has 1 heterocycles. The smallest absolute Gasteiger partial charge is 0.346 e. The number of methoxy groups -OCH3 is 1. The molecule has 1 aliphatic heterocycles. The maximum absolute atomic E-state index is 12.7. The summed E-state index contributed by atoms with van der Waals surface area (Å²) in [5.41, 5.74) is 0. The highest BCUT2D eigenvalue weighted by Gasteiger charge is 2.34. The minimum absolute atomic E-state index is 0.186. The highest BCUT2D eigenvalue weighted by Crippen LogP contribution is 2.26. The number of carbonyl (C=O) groups is 2. The molecule has 0 saturated carbocycles. The van der Waals surface area contributed by atoms with Crippen LogP contribution in [0.2, 0.25) is 0 Å². The molecule has 27 heavy (non-hydrogen) atoms. The standard InChI is InChI=1S/C18H25NO7S/c1-4-25-15-5-7-16(8-6-15)27(22,23)19-11-9-14(10-12-19)18(21)26-13(2)17(20)24-3/h5-8,13-14H,4,9-12H2,1-3H3/t13-/m0/s1. The van der Waals surface area contributed by atoms with Gasteiger partial charge in [0.1, 0.15) is 5.75 Å². The summed E-state index contributed by atoms with van der Waals surface area (Å²) >= 11 is 0. The summed E-state index contributed by atoms with van der Waals surface area (Å²) in [5.74, 6) is -0.966. The second-order valence-electron chi connectivity index (χ2n) is 6.19. The van der Waals surface area contributed by atoms with E-state index in [4.69, 9.17) is 9.47 Å². The van der Waals surface area contributed by atoms with Crippen molar-refractivity contribution in [2.45, 2.75) is 37.7 Å². The lowest BCUT2D eigenvalue weighted by Gasteiger charge is -2.30. The Kier molecular flexibility index (Phi) is 7.20. The van der Waals surface area contributed by atoms with E-state index in [-0.39, 0.29) is 18.0 Å². The number of sulfonamides is 1. The largest absolute Gasteiger partial charge is 0.494 e. The molecule has 0 amide bonds. The topological polar surface area (TPSA) is 99.2 Å². The van der Waals surface area contributed by atoms with Crippen LogP contribution < -0.4 is 4.74 Å². The third-order valence-corrected chi connectivity index (χ3v) is 6.30. The maximum Gasteiger partial charge on any atom is 0.346 e. The van der Waals surface area contributed by atoms with Crippen LogP contribution in [0.3, 0.4) is 0 Å². The Bertz CT molecular complexity index is 752. The number of piperidine rings is 1. The van der Waals surface area contributed by atoms with Gasteiger partial charge in [0, 0.05) is 13.1 Å². The van der Waals surface area contributed by atoms with Crippen molar-refractivity contribution in [1.82, 2.24) is 4.31 Å². The molecular weight excluding hydrogens is 374 g/mol. The fourth-order valence-corrected chi connectivity index (χ4v) is 4.31. The first kappa shape index (κ1) is 21.2. The Morgan fingerprint density at radius 3 is 2.30 bits per heavy atom. The molecule has 1 fully saturated rings. The Hall–Kier alpha value is -2.13. The van der Waals surface area contributed by atoms with Crippen LogP contribution in [0.15, 0.2) is 29.2 Å². The summed E-state index contributed by atoms with van der Waals surface area (Å²) in [7, 11) is -2.41. The lowest BCUT2D eigenvalue weighted by molar-refractivity contribution is -0.168. The molecule has 1 saturated heterocycles. The van der Waals surface area contributed by atoms with Gasteiger partial charge in [-0.1, -0.05) is 0 Å². The van der Waals surface area contributed by atoms with Crippen molar-refractivity contribution in [3.05, 3.63) is 24.3 Å². The van der Waals surface area contributed by atoms with Crippen LogP contribution in [0.25, 0.3) is 0 Å². The van der Waals surface area contributed by atoms with Crippen LogP contribution in [0.4, 0.5) is 0 Å². The number of ether oxygens (including phenoxy) is 3. The van der Waals surface area contributed by atoms with Crippen LogP contribution in [0.1, 0.15) is 26.7 Å². The highest BCUT2D eigenvalue weighted by atomic mass is 32.2. The zero-order chi connectivity index (χ0) is 20.0. The van der Waals surface area contributed by atoms with Crippen molar-refractivity contribution >= 4 is 22.0 Å². The molecular formula is C18H25NO7S. The number of rotatable bonds is 7. The van der Waals surface area contributed by atoms with E-state index in [9.17, 15) is 18.0 Å². The number of benzene rings is 1. The summed E-state index contributed by atoms with van der Waals surface area (Å²) in [6, 6.07) is 6.26. The zero-order valence-corrected chi connectivity index (χ0v) is 16.5. The van der Waals surface area contributed by atoms with E-state index in [1.54, 1.807) is 12.1 Å². The lowest BCUT2D eigenvalue weighted by atomic mass is 9.98. The zero-order valence-electron chi connectivity index (χ0n) is 15.7. The van der Waals surface area contributed by atoms with E-state index in [0.717, 1.165) is 0 Å². The van der Waals surface area contributed by atoms with Crippen LogP contribution in [0, 0.1) is 5.92 Å². The number of esters is 2. The first-order chi connectivity index (χ1) is 12.8. The summed E-state index contributed by atoms with van der Waals surface area (Å²) in [5, 5.41) is 0. The van der Waals surface area contributed by atoms with Crippen molar-refractivity contribution in [3.63, 3.8) is 0 Å². The molecule has 0 aromatic heterocycles. The lowest BCUT2D eigenvalue weighted by Crippen LogP contribution is -2.41. The van der Waals surface area contributed by atoms with E-state index in [0.29, 0.717) is 25.2 Å². The minimum Gasteiger partial charge on any atom is -0.494 e. The fourth-order valence-electron chi connectivity index (χ4n) is 2.84. The molecule has 0 spiro atoms. The monoisotopic (exact) mass is 399 g/mol. The van der Waals surface area contributed by atoms with Crippen molar-refractivity contribution in [1.29, 1.82) is 0 Å². The second-order valence-corrected chi connectivity index (χ2v) is 8.12. The highest BCUT2D eigenvalue weighted by molar-refractivity contribution is 7.89. The van der Waals surface area contributed by atoms with Gasteiger partial charge in [0.15, 0.2) is 6.10 Å². The Labute approximate surface area is 159 Å². The minimum atomic E-state index is -3.63. The number of carbonyl (C=O) groups excluding carboxylic acids is 2. The molecule has 0 radical (unpaired) electrons. The normalized spacial score (nSPS) is 17.1. The summed E-state index contributed by atoms with van der Waals surface area (Å²) in [4.78, 5) is 23.7. The molecule has 1 aromatic carbocycles. The van der Waals surface area contributed by atoms with Gasteiger partial charge in [0.2, 0.25) is 10.0 Å². The van der Waals surface area contributed by atoms with E-state index in [1.165, 1.54) is 30.5 Å². The van der Waals surface area contributed by atoms with Crippen molar-refractivity contribution in [3.8, 4) is 5.75 Å². The second kappa shape index (κ2) is 9.18. The molecule has 2 rings (SSSR count). The van der Waals surface area contributed by atoms with E-state index in [2.05, 4.69) is 4.74 Å². The predicted molar refractivity (Wildman–Crippen MR) is 96.7 cm³/mol. The van der Waals surface area contributed by atoms with Gasteiger partial charge in [-0.25, -0.2) is 13.2 Å². The van der Waals surface area contributed by atoms with Gasteiger partial charge in [-0.2, -0.15) is 4.31 Å². The average Bonchev–Trinajstić information content (AvgIpc) is 2.68. The van der Waals surface area contributed by atoms with E-state index >= 15 is 0 Å². The number of hydrogen-bond donors (Lipinski definition) is 0. The molecule has 1 aromatic rings. The van der Waals surface area contributed by atoms with E-state index < -0.39 is 34.0 Å². The third-order valence-electron chi connectivity index (χ3n) is 4.39. The van der Waals surface area contributed by atoms with Gasteiger partial charge in [-0.05, 0) is 51.0 Å². The molecule has 0 N–H and O–H groups in total. The molecule has 1 atom stereocenters. The summed E-state index contributed by atoms with van der Waals surface area (Å²) in [6.07, 6.45) is -0.306. The maximum atomic E-state index is 12.7. The number of hydrogen-bond acceptors (Lipinski definition) is 7. The first-order valence-corrected chi connectivity index (χ1v) is 10.2. The van der Waals surface area contributed by atoms with Crippen LogP contribution in [-0.4, -0.2) is 57.6 Å². The van der Waals surface area contributed by atoms with Crippen LogP contribution >= 0.6 is 0 Å². The van der Waals surface area contributed by atoms with Gasteiger partial charge in [0.05, 0.1) is 24.5 Å². The SMILES string of the molecule is CCOc1ccc(S(=O)(=O)N2CCC(C(=O)O[C@@H](C)C(=O)OC)CC2)cc1. The molecule has 8 nitrogen and oxygen atoms in total. The quantitative estimate of drug-likeness (QED) is 0.642. The fraction of sp³-hybridized carbons (Fsp3) is 0.556. The summed E-state index contributed by atoms with van der Waals surface area (Å²) < 4.78 is 41.8. The van der Waals surface area contributed by atoms with Crippen molar-refractivity contribution in [2.75, 3.05) is 26.8 Å².